The van der Waals surface area contributed by atoms with Crippen molar-refractivity contribution in [3.8, 4) is 0 Å². The molecule has 60 valence electrons. The zero-order valence-electron chi connectivity index (χ0n) is 6.40. The number of rotatable bonds is 2. The molecule has 0 bridgehead atoms. The molecule has 2 heteroatoms. The Labute approximate surface area is 64.9 Å². The highest BCUT2D eigenvalue weighted by Gasteiger charge is 1.98. The van der Waals surface area contributed by atoms with Crippen molar-refractivity contribution in [3.63, 3.8) is 0 Å². The molecule has 0 saturated heterocycles. The third-order valence-corrected chi connectivity index (χ3v) is 1.46. The predicted octanol–water partition coefficient (Wildman–Crippen LogP) is 2.92. The number of aryl methyl sites for hydroxylation is 1. The molecule has 0 radical (unpaired) electrons. The van der Waals surface area contributed by atoms with E-state index in [0.717, 1.165) is 24.5 Å². The molecule has 11 heavy (non-hydrogen) atoms. The van der Waals surface area contributed by atoms with Gasteiger partial charge in [-0.15, -0.1) is 0 Å². The van der Waals surface area contributed by atoms with Crippen LogP contribution < -0.4 is 0 Å². The van der Waals surface area contributed by atoms with Gasteiger partial charge in [-0.3, -0.25) is 0 Å². The maximum absolute atomic E-state index is 12.5. The Balaban J connectivity index is 2.89. The average molecular weight is 156 g/mol. The smallest absolute Gasteiger partial charge is 0.126 e. The van der Waals surface area contributed by atoms with Crippen LogP contribution in [0.4, 0.5) is 8.78 Å². The average Bonchev–Trinajstić information content (AvgIpc) is 1.85. The van der Waals surface area contributed by atoms with Crippen LogP contribution in [0.3, 0.4) is 0 Å². The van der Waals surface area contributed by atoms with E-state index in [1.54, 1.807) is 0 Å². The Morgan fingerprint density at radius 2 is 1.64 bits per heavy atom. The van der Waals surface area contributed by atoms with E-state index in [1.165, 1.54) is 12.1 Å². The van der Waals surface area contributed by atoms with Crippen molar-refractivity contribution in [1.29, 1.82) is 0 Å². The van der Waals surface area contributed by atoms with Gasteiger partial charge in [-0.1, -0.05) is 13.3 Å². The first-order valence-electron chi connectivity index (χ1n) is 3.67. The molecule has 0 nitrogen and oxygen atoms in total. The number of benzene rings is 1. The molecule has 1 rings (SSSR count). The van der Waals surface area contributed by atoms with Crippen molar-refractivity contribution in [1.82, 2.24) is 0 Å². The van der Waals surface area contributed by atoms with Gasteiger partial charge < -0.3 is 0 Å². The van der Waals surface area contributed by atoms with E-state index >= 15 is 0 Å². The summed E-state index contributed by atoms with van der Waals surface area (Å²) < 4.78 is 25.0. The standard InChI is InChI=1S/C9H10F2/c1-2-3-7-4-8(10)6-9(11)5-7/h4-6H,2-3H2,1H3. The number of hydrogen-bond acceptors (Lipinski definition) is 0. The molecule has 0 atom stereocenters. The SMILES string of the molecule is CCCc1cc(F)cc(F)c1. The first kappa shape index (κ1) is 8.18. The third kappa shape index (κ3) is 2.30. The summed E-state index contributed by atoms with van der Waals surface area (Å²) in [6.45, 7) is 1.98. The van der Waals surface area contributed by atoms with E-state index in [0.29, 0.717) is 0 Å². The second kappa shape index (κ2) is 3.46. The Hall–Kier alpha value is -0.920. The van der Waals surface area contributed by atoms with Crippen LogP contribution in [0.1, 0.15) is 18.9 Å². The van der Waals surface area contributed by atoms with Gasteiger partial charge in [0, 0.05) is 6.07 Å². The second-order valence-corrected chi connectivity index (χ2v) is 2.53. The van der Waals surface area contributed by atoms with Crippen molar-refractivity contribution < 1.29 is 8.78 Å². The number of halogens is 2. The lowest BCUT2D eigenvalue weighted by Gasteiger charge is -1.98. The molecule has 0 heterocycles. The second-order valence-electron chi connectivity index (χ2n) is 2.53. The zero-order valence-corrected chi connectivity index (χ0v) is 6.40. The highest BCUT2D eigenvalue weighted by Crippen LogP contribution is 2.09. The molecular formula is C9H10F2. The van der Waals surface area contributed by atoms with Gasteiger partial charge in [0.25, 0.3) is 0 Å². The molecule has 0 aliphatic carbocycles. The Bertz CT molecular complexity index is 223. The lowest BCUT2D eigenvalue weighted by Crippen LogP contribution is -1.87. The molecule has 0 N–H and O–H groups in total. The fourth-order valence-electron chi connectivity index (χ4n) is 1.04. The van der Waals surface area contributed by atoms with Crippen LogP contribution in [0, 0.1) is 11.6 Å². The van der Waals surface area contributed by atoms with Crippen molar-refractivity contribution in [2.75, 3.05) is 0 Å². The molecule has 0 aliphatic heterocycles. The van der Waals surface area contributed by atoms with Crippen molar-refractivity contribution in [2.45, 2.75) is 19.8 Å². The molecule has 0 saturated carbocycles. The molecule has 0 unspecified atom stereocenters. The van der Waals surface area contributed by atoms with Crippen LogP contribution in [0.2, 0.25) is 0 Å². The summed E-state index contributed by atoms with van der Waals surface area (Å²) in [4.78, 5) is 0. The molecule has 0 fully saturated rings. The van der Waals surface area contributed by atoms with E-state index in [4.69, 9.17) is 0 Å². The highest BCUT2D eigenvalue weighted by atomic mass is 19.1. The summed E-state index contributed by atoms with van der Waals surface area (Å²) in [7, 11) is 0. The van der Waals surface area contributed by atoms with Crippen LogP contribution in [-0.4, -0.2) is 0 Å². The van der Waals surface area contributed by atoms with Gasteiger partial charge in [-0.2, -0.15) is 0 Å². The molecule has 0 amide bonds. The normalized spacial score (nSPS) is 10.1. The number of hydrogen-bond donors (Lipinski definition) is 0. The maximum Gasteiger partial charge on any atom is 0.126 e. The van der Waals surface area contributed by atoms with Crippen molar-refractivity contribution in [2.24, 2.45) is 0 Å². The van der Waals surface area contributed by atoms with Crippen LogP contribution in [0.15, 0.2) is 18.2 Å². The Kier molecular flexibility index (Phi) is 2.58. The summed E-state index contributed by atoms with van der Waals surface area (Å²) in [6, 6.07) is 3.62. The zero-order chi connectivity index (χ0) is 8.27. The summed E-state index contributed by atoms with van der Waals surface area (Å²) in [5.41, 5.74) is 0.727. The van der Waals surface area contributed by atoms with Crippen molar-refractivity contribution in [3.05, 3.63) is 35.4 Å². The Morgan fingerprint density at radius 3 is 2.09 bits per heavy atom. The van der Waals surface area contributed by atoms with E-state index in [-0.39, 0.29) is 0 Å². The van der Waals surface area contributed by atoms with Gasteiger partial charge in [0.05, 0.1) is 0 Å². The van der Waals surface area contributed by atoms with Gasteiger partial charge in [-0.05, 0) is 24.1 Å². The van der Waals surface area contributed by atoms with Gasteiger partial charge in [-0.25, -0.2) is 8.78 Å². The summed E-state index contributed by atoms with van der Waals surface area (Å²) in [6.07, 6.45) is 1.64. The fraction of sp³-hybridized carbons (Fsp3) is 0.333. The van der Waals surface area contributed by atoms with Crippen molar-refractivity contribution >= 4 is 0 Å². The van der Waals surface area contributed by atoms with E-state index < -0.39 is 11.6 Å². The third-order valence-electron chi connectivity index (χ3n) is 1.46. The Morgan fingerprint density at radius 1 is 1.09 bits per heavy atom. The van der Waals surface area contributed by atoms with E-state index in [9.17, 15) is 8.78 Å². The highest BCUT2D eigenvalue weighted by molar-refractivity contribution is 5.17. The van der Waals surface area contributed by atoms with Crippen LogP contribution in [-0.2, 0) is 6.42 Å². The molecule has 0 aliphatic rings. The van der Waals surface area contributed by atoms with Gasteiger partial charge >= 0.3 is 0 Å². The monoisotopic (exact) mass is 156 g/mol. The van der Waals surface area contributed by atoms with E-state index in [2.05, 4.69) is 0 Å². The van der Waals surface area contributed by atoms with Gasteiger partial charge in [0.2, 0.25) is 0 Å². The molecule has 1 aromatic carbocycles. The lowest BCUT2D eigenvalue weighted by atomic mass is 10.1. The molecule has 0 aromatic heterocycles. The summed E-state index contributed by atoms with van der Waals surface area (Å²) >= 11 is 0. The van der Waals surface area contributed by atoms with Gasteiger partial charge in [0.1, 0.15) is 11.6 Å². The molecule has 1 aromatic rings. The minimum Gasteiger partial charge on any atom is -0.207 e. The van der Waals surface area contributed by atoms with E-state index in [1.807, 2.05) is 6.92 Å². The largest absolute Gasteiger partial charge is 0.207 e. The molecular weight excluding hydrogens is 146 g/mol. The molecule has 0 spiro atoms. The first-order chi connectivity index (χ1) is 5.22. The fourth-order valence-corrected chi connectivity index (χ4v) is 1.04. The minimum absolute atomic E-state index is 0.492. The summed E-state index contributed by atoms with van der Waals surface area (Å²) in [5, 5.41) is 0. The van der Waals surface area contributed by atoms with Crippen LogP contribution >= 0.6 is 0 Å². The predicted molar refractivity (Wildman–Crippen MR) is 40.4 cm³/mol. The quantitative estimate of drug-likeness (QED) is 0.617. The van der Waals surface area contributed by atoms with Crippen LogP contribution in [0.25, 0.3) is 0 Å². The minimum atomic E-state index is -0.492. The first-order valence-corrected chi connectivity index (χ1v) is 3.67. The topological polar surface area (TPSA) is 0 Å². The van der Waals surface area contributed by atoms with Crippen LogP contribution in [0.5, 0.6) is 0 Å². The maximum atomic E-state index is 12.5. The summed E-state index contributed by atoms with van der Waals surface area (Å²) in [5.74, 6) is -0.984. The lowest BCUT2D eigenvalue weighted by molar-refractivity contribution is 0.579. The van der Waals surface area contributed by atoms with Gasteiger partial charge in [0.15, 0.2) is 0 Å².